The molecule has 12 nitrogen and oxygen atoms in total. The van der Waals surface area contributed by atoms with Crippen LogP contribution in [0, 0.1) is 0 Å². The predicted molar refractivity (Wildman–Crippen MR) is 96.6 cm³/mol. The highest BCUT2D eigenvalue weighted by Gasteiger charge is 2.48. The van der Waals surface area contributed by atoms with Gasteiger partial charge in [-0.1, -0.05) is 19.8 Å². The molecule has 0 radical (unpaired) electrons. The lowest BCUT2D eigenvalue weighted by atomic mass is 9.98. The first-order valence-electron chi connectivity index (χ1n) is 10.0. The van der Waals surface area contributed by atoms with Crippen LogP contribution in [0.5, 0.6) is 0 Å². The first kappa shape index (κ1) is 25.3. The first-order chi connectivity index (χ1) is 14.2. The fraction of sp³-hybridized carbons (Fsp3) is 0.944. The zero-order chi connectivity index (χ0) is 22.4. The van der Waals surface area contributed by atoms with Crippen LogP contribution in [0.15, 0.2) is 0 Å². The summed E-state index contributed by atoms with van der Waals surface area (Å²) < 4.78 is 20.9. The van der Waals surface area contributed by atoms with Crippen molar-refractivity contribution >= 4 is 5.97 Å². The number of ether oxygens (including phenoxy) is 4. The van der Waals surface area contributed by atoms with Gasteiger partial charge in [0.2, 0.25) is 6.29 Å². The van der Waals surface area contributed by atoms with E-state index in [-0.39, 0.29) is 6.42 Å². The number of carbonyl (C=O) groups excluding carboxylic acids is 1. The molecular formula is C18H32O12. The van der Waals surface area contributed by atoms with Crippen molar-refractivity contribution in [3.8, 4) is 0 Å². The van der Waals surface area contributed by atoms with E-state index in [2.05, 4.69) is 0 Å². The van der Waals surface area contributed by atoms with Gasteiger partial charge in [0.1, 0.15) is 48.8 Å². The van der Waals surface area contributed by atoms with Gasteiger partial charge in [0.15, 0.2) is 6.29 Å². The minimum atomic E-state index is -1.70. The molecule has 0 saturated carbocycles. The molecule has 0 bridgehead atoms. The summed E-state index contributed by atoms with van der Waals surface area (Å²) in [6, 6.07) is 0. The minimum Gasteiger partial charge on any atom is -0.433 e. The van der Waals surface area contributed by atoms with Gasteiger partial charge in [-0.2, -0.15) is 0 Å². The van der Waals surface area contributed by atoms with E-state index in [4.69, 9.17) is 18.9 Å². The average molecular weight is 440 g/mol. The molecule has 10 atom stereocenters. The Bertz CT molecular complexity index is 531. The highest BCUT2D eigenvalue weighted by molar-refractivity contribution is 5.69. The van der Waals surface area contributed by atoms with Crippen LogP contribution in [0.25, 0.3) is 0 Å². The maximum atomic E-state index is 11.9. The van der Waals surface area contributed by atoms with Crippen LogP contribution in [0.1, 0.15) is 32.6 Å². The van der Waals surface area contributed by atoms with Crippen LogP contribution in [0.3, 0.4) is 0 Å². The van der Waals surface area contributed by atoms with Crippen molar-refractivity contribution in [3.63, 3.8) is 0 Å². The number of carbonyl (C=O) groups is 1. The largest absolute Gasteiger partial charge is 0.433 e. The number of aliphatic hydroxyl groups is 7. The van der Waals surface area contributed by atoms with Crippen molar-refractivity contribution in [3.05, 3.63) is 0 Å². The molecule has 176 valence electrons. The van der Waals surface area contributed by atoms with Gasteiger partial charge in [-0.05, 0) is 6.42 Å². The number of aliphatic hydroxyl groups excluding tert-OH is 7. The van der Waals surface area contributed by atoms with Crippen molar-refractivity contribution in [1.29, 1.82) is 0 Å². The smallest absolute Gasteiger partial charge is 0.308 e. The van der Waals surface area contributed by atoms with Crippen molar-refractivity contribution in [2.24, 2.45) is 0 Å². The maximum absolute atomic E-state index is 11.9. The molecule has 0 aliphatic carbocycles. The van der Waals surface area contributed by atoms with Gasteiger partial charge in [-0.3, -0.25) is 4.79 Å². The van der Waals surface area contributed by atoms with Gasteiger partial charge in [-0.15, -0.1) is 0 Å². The Hall–Kier alpha value is -0.930. The Morgan fingerprint density at radius 1 is 0.800 bits per heavy atom. The third kappa shape index (κ3) is 6.07. The third-order valence-corrected chi connectivity index (χ3v) is 5.17. The summed E-state index contributed by atoms with van der Waals surface area (Å²) >= 11 is 0. The quantitative estimate of drug-likeness (QED) is 0.140. The molecule has 7 N–H and O–H groups in total. The molecule has 2 aliphatic rings. The Balaban J connectivity index is 1.94. The van der Waals surface area contributed by atoms with Gasteiger partial charge in [0, 0.05) is 6.42 Å². The summed E-state index contributed by atoms with van der Waals surface area (Å²) in [5, 5.41) is 68.9. The van der Waals surface area contributed by atoms with Crippen LogP contribution in [0.4, 0.5) is 0 Å². The van der Waals surface area contributed by atoms with Gasteiger partial charge in [0.05, 0.1) is 13.2 Å². The molecule has 0 aromatic rings. The van der Waals surface area contributed by atoms with Crippen molar-refractivity contribution < 1.29 is 59.5 Å². The molecular weight excluding hydrogens is 408 g/mol. The SMILES string of the molecule is CCCCCC(=O)O[C@@H]1O[C@@H](CO[C@H]2O[C@@H](CO)[C@H](O)[C@@H](O)[C@@H]2O)[C@@H](O)[C@H](O)[C@H]1O. The standard InChI is InChI=1S/C18H32O12/c1-2-3-4-5-10(20)30-18-16(26)14(24)12(22)9(29-18)7-27-17-15(25)13(23)11(21)8(6-19)28-17/h8-9,11-19,21-26H,2-7H2,1H3/t8-,9-,11-,12+,13+,14-,15-,16+,17-,18-/m0/s1. The summed E-state index contributed by atoms with van der Waals surface area (Å²) in [5.41, 5.74) is 0. The van der Waals surface area contributed by atoms with Crippen molar-refractivity contribution in [2.45, 2.75) is 94.0 Å². The van der Waals surface area contributed by atoms with E-state index in [9.17, 15) is 40.5 Å². The molecule has 2 aliphatic heterocycles. The molecule has 0 amide bonds. The Labute approximate surface area is 173 Å². The summed E-state index contributed by atoms with van der Waals surface area (Å²) in [6.07, 6.45) is -12.9. The molecule has 0 aromatic heterocycles. The van der Waals surface area contributed by atoms with Gasteiger partial charge in [-0.25, -0.2) is 0 Å². The molecule has 2 fully saturated rings. The zero-order valence-corrected chi connectivity index (χ0v) is 16.7. The Morgan fingerprint density at radius 3 is 1.97 bits per heavy atom. The van der Waals surface area contributed by atoms with Crippen LogP contribution in [0.2, 0.25) is 0 Å². The lowest BCUT2D eigenvalue weighted by Gasteiger charge is -2.42. The number of rotatable bonds is 9. The van der Waals surface area contributed by atoms with E-state index in [1.165, 1.54) is 0 Å². The minimum absolute atomic E-state index is 0.102. The van der Waals surface area contributed by atoms with Crippen molar-refractivity contribution in [1.82, 2.24) is 0 Å². The second kappa shape index (κ2) is 11.6. The van der Waals surface area contributed by atoms with Crippen LogP contribution in [-0.2, 0) is 23.7 Å². The van der Waals surface area contributed by atoms with Gasteiger partial charge in [0.25, 0.3) is 0 Å². The fourth-order valence-corrected chi connectivity index (χ4v) is 3.25. The average Bonchev–Trinajstić information content (AvgIpc) is 2.73. The van der Waals surface area contributed by atoms with Crippen LogP contribution in [-0.4, -0.2) is 116 Å². The molecule has 12 heteroatoms. The fourth-order valence-electron chi connectivity index (χ4n) is 3.25. The molecule has 30 heavy (non-hydrogen) atoms. The molecule has 2 saturated heterocycles. The van der Waals surface area contributed by atoms with E-state index in [0.29, 0.717) is 6.42 Å². The van der Waals surface area contributed by atoms with E-state index in [1.807, 2.05) is 6.92 Å². The van der Waals surface area contributed by atoms with E-state index < -0.39 is 80.6 Å². The van der Waals surface area contributed by atoms with Crippen LogP contribution >= 0.6 is 0 Å². The number of unbranched alkanes of at least 4 members (excludes halogenated alkanes) is 2. The van der Waals surface area contributed by atoms with E-state index >= 15 is 0 Å². The zero-order valence-electron chi connectivity index (χ0n) is 16.7. The topological polar surface area (TPSA) is 196 Å². The summed E-state index contributed by atoms with van der Waals surface area (Å²) in [7, 11) is 0. The second-order valence-electron chi connectivity index (χ2n) is 7.49. The summed E-state index contributed by atoms with van der Waals surface area (Å²) in [6.45, 7) is 0.836. The molecule has 2 heterocycles. The molecule has 0 spiro atoms. The number of hydrogen-bond acceptors (Lipinski definition) is 12. The lowest BCUT2D eigenvalue weighted by Crippen LogP contribution is -2.61. The highest BCUT2D eigenvalue weighted by atomic mass is 16.7. The lowest BCUT2D eigenvalue weighted by molar-refractivity contribution is -0.327. The van der Waals surface area contributed by atoms with Crippen molar-refractivity contribution in [2.75, 3.05) is 13.2 Å². The van der Waals surface area contributed by atoms with E-state index in [1.54, 1.807) is 0 Å². The summed E-state index contributed by atoms with van der Waals surface area (Å²) in [5.74, 6) is -0.635. The molecule has 2 rings (SSSR count). The molecule has 0 unspecified atom stereocenters. The monoisotopic (exact) mass is 440 g/mol. The summed E-state index contributed by atoms with van der Waals surface area (Å²) in [4.78, 5) is 11.9. The maximum Gasteiger partial charge on any atom is 0.308 e. The van der Waals surface area contributed by atoms with Crippen LogP contribution < -0.4 is 0 Å². The second-order valence-corrected chi connectivity index (χ2v) is 7.49. The third-order valence-electron chi connectivity index (χ3n) is 5.17. The number of esters is 1. The first-order valence-corrected chi connectivity index (χ1v) is 10.0. The Kier molecular flexibility index (Phi) is 9.81. The van der Waals surface area contributed by atoms with Gasteiger partial charge < -0.3 is 54.7 Å². The Morgan fingerprint density at radius 2 is 1.37 bits per heavy atom. The highest BCUT2D eigenvalue weighted by Crippen LogP contribution is 2.26. The normalized spacial score (nSPS) is 42.1. The van der Waals surface area contributed by atoms with Gasteiger partial charge >= 0.3 is 5.97 Å². The number of hydrogen-bond donors (Lipinski definition) is 7. The molecule has 0 aromatic carbocycles. The van der Waals surface area contributed by atoms with E-state index in [0.717, 1.165) is 12.8 Å². The predicted octanol–water partition coefficient (Wildman–Crippen LogP) is -3.27.